The van der Waals surface area contributed by atoms with Gasteiger partial charge in [0.25, 0.3) is 0 Å². The van der Waals surface area contributed by atoms with Crippen molar-refractivity contribution < 1.29 is 27.2 Å². The van der Waals surface area contributed by atoms with Gasteiger partial charge in [-0.1, -0.05) is 23.4 Å². The molecule has 156 valence electrons. The smallest absolute Gasteiger partial charge is 0.338 e. The molecule has 0 atom stereocenters. The third kappa shape index (κ3) is 4.94. The number of carbonyl (C=O) groups excluding carboxylic acids is 1. The summed E-state index contributed by atoms with van der Waals surface area (Å²) >= 11 is 0. The van der Waals surface area contributed by atoms with Crippen molar-refractivity contribution in [3.63, 3.8) is 0 Å². The normalized spacial score (nSPS) is 11.1. The quantitative estimate of drug-likeness (QED) is 0.412. The molecule has 0 unspecified atom stereocenters. The molecular formula is C21H20N2O6S. The second-order valence-corrected chi connectivity index (χ2v) is 7.89. The van der Waals surface area contributed by atoms with Crippen LogP contribution in [0.25, 0.3) is 11.3 Å². The minimum atomic E-state index is -3.66. The maximum atomic E-state index is 12.2. The topological polar surface area (TPSA) is 108 Å². The van der Waals surface area contributed by atoms with Crippen LogP contribution in [-0.2, 0) is 21.4 Å². The van der Waals surface area contributed by atoms with Crippen LogP contribution in [0.1, 0.15) is 16.1 Å². The van der Waals surface area contributed by atoms with Gasteiger partial charge in [0.1, 0.15) is 11.4 Å². The predicted molar refractivity (Wildman–Crippen MR) is 109 cm³/mol. The van der Waals surface area contributed by atoms with E-state index in [-0.39, 0.29) is 23.6 Å². The summed E-state index contributed by atoms with van der Waals surface area (Å²) in [4.78, 5) is 12.3. The highest BCUT2D eigenvalue weighted by Crippen LogP contribution is 2.29. The number of hydrogen-bond acceptors (Lipinski definition) is 7. The lowest BCUT2D eigenvalue weighted by atomic mass is 10.1. The first kappa shape index (κ1) is 21.3. The summed E-state index contributed by atoms with van der Waals surface area (Å²) in [5.74, 6) is 0.386. The molecule has 8 nitrogen and oxygen atoms in total. The molecule has 1 aromatic heterocycles. The fourth-order valence-electron chi connectivity index (χ4n) is 2.61. The van der Waals surface area contributed by atoms with Crippen LogP contribution < -0.4 is 9.46 Å². The van der Waals surface area contributed by atoms with Crippen molar-refractivity contribution in [2.45, 2.75) is 11.5 Å². The molecule has 0 bridgehead atoms. The molecule has 0 saturated carbocycles. The molecule has 1 N–H and O–H groups in total. The van der Waals surface area contributed by atoms with Crippen LogP contribution in [0.2, 0.25) is 0 Å². The van der Waals surface area contributed by atoms with Crippen molar-refractivity contribution in [1.29, 1.82) is 0 Å². The van der Waals surface area contributed by atoms with Crippen LogP contribution in [-0.4, -0.2) is 33.2 Å². The Morgan fingerprint density at radius 2 is 1.93 bits per heavy atom. The molecule has 0 amide bonds. The standard InChI is InChI=1S/C21H20N2O6S/c1-3-12-22-30(25,26)17-10-8-15(9-11-17)21(24)28-14-16-13-19(23-29-16)18-6-4-5-7-20(18)27-2/h3-11,13,22H,1,12,14H2,2H3. The Balaban J connectivity index is 1.64. The molecule has 0 spiro atoms. The number of nitrogens with zero attached hydrogens (tertiary/aromatic N) is 1. The zero-order chi connectivity index (χ0) is 21.6. The second kappa shape index (κ2) is 9.38. The molecule has 0 aliphatic carbocycles. The van der Waals surface area contributed by atoms with Gasteiger partial charge in [0.15, 0.2) is 12.4 Å². The number of methoxy groups -OCH3 is 1. The number of ether oxygens (including phenoxy) is 2. The van der Waals surface area contributed by atoms with E-state index in [1.54, 1.807) is 19.2 Å². The lowest BCUT2D eigenvalue weighted by molar-refractivity contribution is 0.0437. The maximum Gasteiger partial charge on any atom is 0.338 e. The van der Waals surface area contributed by atoms with E-state index in [9.17, 15) is 13.2 Å². The van der Waals surface area contributed by atoms with Crippen LogP contribution in [0.15, 0.2) is 76.7 Å². The third-order valence-electron chi connectivity index (χ3n) is 4.11. The number of hydrogen-bond donors (Lipinski definition) is 1. The van der Waals surface area contributed by atoms with Gasteiger partial charge >= 0.3 is 5.97 Å². The lowest BCUT2D eigenvalue weighted by Crippen LogP contribution is -2.23. The molecule has 0 aliphatic rings. The first-order chi connectivity index (χ1) is 14.4. The van der Waals surface area contributed by atoms with Crippen LogP contribution in [0.3, 0.4) is 0 Å². The number of sulfonamides is 1. The zero-order valence-corrected chi connectivity index (χ0v) is 17.0. The van der Waals surface area contributed by atoms with E-state index in [1.807, 2.05) is 18.2 Å². The first-order valence-corrected chi connectivity index (χ1v) is 10.4. The molecule has 2 aromatic carbocycles. The molecule has 0 fully saturated rings. The maximum absolute atomic E-state index is 12.2. The molecule has 9 heteroatoms. The summed E-state index contributed by atoms with van der Waals surface area (Å²) in [6.45, 7) is 3.45. The van der Waals surface area contributed by atoms with Crippen molar-refractivity contribution in [3.05, 3.63) is 78.6 Å². The summed E-state index contributed by atoms with van der Waals surface area (Å²) < 4.78 is 42.2. The molecular weight excluding hydrogens is 408 g/mol. The molecule has 1 heterocycles. The van der Waals surface area contributed by atoms with Gasteiger partial charge in [-0.2, -0.15) is 0 Å². The second-order valence-electron chi connectivity index (χ2n) is 6.12. The van der Waals surface area contributed by atoms with Crippen LogP contribution >= 0.6 is 0 Å². The molecule has 3 rings (SSSR count). The Morgan fingerprint density at radius 1 is 1.20 bits per heavy atom. The Kier molecular flexibility index (Phi) is 6.65. The molecule has 0 saturated heterocycles. The van der Waals surface area contributed by atoms with Crippen LogP contribution in [0.5, 0.6) is 5.75 Å². The number of aromatic nitrogens is 1. The average Bonchev–Trinajstić information content (AvgIpc) is 3.25. The van der Waals surface area contributed by atoms with E-state index in [4.69, 9.17) is 14.0 Å². The van der Waals surface area contributed by atoms with E-state index >= 15 is 0 Å². The SMILES string of the molecule is C=CCNS(=O)(=O)c1ccc(C(=O)OCc2cc(-c3ccccc3OC)no2)cc1. The fraction of sp³-hybridized carbons (Fsp3) is 0.143. The van der Waals surface area contributed by atoms with E-state index in [1.165, 1.54) is 30.3 Å². The number of carbonyl (C=O) groups is 1. The van der Waals surface area contributed by atoms with Gasteiger partial charge < -0.3 is 14.0 Å². The van der Waals surface area contributed by atoms with E-state index in [0.717, 1.165) is 5.56 Å². The highest BCUT2D eigenvalue weighted by molar-refractivity contribution is 7.89. The Hall–Kier alpha value is -3.43. The number of esters is 1. The van der Waals surface area contributed by atoms with Crippen LogP contribution in [0.4, 0.5) is 0 Å². The van der Waals surface area contributed by atoms with Gasteiger partial charge in [-0.3, -0.25) is 0 Å². The van der Waals surface area contributed by atoms with Crippen molar-refractivity contribution in [1.82, 2.24) is 9.88 Å². The predicted octanol–water partition coefficient (Wildman–Crippen LogP) is 3.17. The van der Waals surface area contributed by atoms with Gasteiger partial charge in [0, 0.05) is 18.2 Å². The van der Waals surface area contributed by atoms with Crippen molar-refractivity contribution in [2.24, 2.45) is 0 Å². The summed E-state index contributed by atoms with van der Waals surface area (Å²) in [5.41, 5.74) is 1.52. The molecule has 3 aromatic rings. The van der Waals surface area contributed by atoms with Gasteiger partial charge in [0.05, 0.1) is 17.6 Å². The highest BCUT2D eigenvalue weighted by atomic mass is 32.2. The summed E-state index contributed by atoms with van der Waals surface area (Å²) in [7, 11) is -2.09. The summed E-state index contributed by atoms with van der Waals surface area (Å²) in [6.07, 6.45) is 1.44. The number of rotatable bonds is 9. The number of benzene rings is 2. The van der Waals surface area contributed by atoms with E-state index in [0.29, 0.717) is 17.2 Å². The summed E-state index contributed by atoms with van der Waals surface area (Å²) in [6, 6.07) is 14.4. The van der Waals surface area contributed by atoms with Crippen LogP contribution in [0, 0.1) is 0 Å². The van der Waals surface area contributed by atoms with Crippen molar-refractivity contribution in [3.8, 4) is 17.0 Å². The minimum absolute atomic E-state index is 0.0394. The highest BCUT2D eigenvalue weighted by Gasteiger charge is 2.16. The zero-order valence-electron chi connectivity index (χ0n) is 16.2. The Labute approximate surface area is 174 Å². The average molecular weight is 428 g/mol. The Bertz CT molecular complexity index is 1140. The number of para-hydroxylation sites is 1. The van der Waals surface area contributed by atoms with Gasteiger partial charge in [-0.05, 0) is 36.4 Å². The van der Waals surface area contributed by atoms with Crippen molar-refractivity contribution in [2.75, 3.05) is 13.7 Å². The van der Waals surface area contributed by atoms with Gasteiger partial charge in [-0.15, -0.1) is 6.58 Å². The fourth-order valence-corrected chi connectivity index (χ4v) is 3.60. The van der Waals surface area contributed by atoms with Gasteiger partial charge in [-0.25, -0.2) is 17.9 Å². The first-order valence-electron chi connectivity index (χ1n) is 8.91. The molecule has 0 aliphatic heterocycles. The van der Waals surface area contributed by atoms with E-state index in [2.05, 4.69) is 16.5 Å². The molecule has 0 radical (unpaired) electrons. The Morgan fingerprint density at radius 3 is 2.63 bits per heavy atom. The minimum Gasteiger partial charge on any atom is -0.496 e. The number of nitrogens with one attached hydrogen (secondary N) is 1. The monoisotopic (exact) mass is 428 g/mol. The lowest BCUT2D eigenvalue weighted by Gasteiger charge is -2.06. The van der Waals surface area contributed by atoms with Crippen molar-refractivity contribution >= 4 is 16.0 Å². The largest absolute Gasteiger partial charge is 0.496 e. The third-order valence-corrected chi connectivity index (χ3v) is 5.54. The molecule has 30 heavy (non-hydrogen) atoms. The summed E-state index contributed by atoms with van der Waals surface area (Å²) in [5, 5.41) is 3.98. The van der Waals surface area contributed by atoms with Gasteiger partial charge in [0.2, 0.25) is 10.0 Å². The van der Waals surface area contributed by atoms with E-state index < -0.39 is 16.0 Å².